The molecule has 0 aliphatic rings. The van der Waals surface area contributed by atoms with Gasteiger partial charge in [0.25, 0.3) is 11.6 Å². The highest BCUT2D eigenvalue weighted by Gasteiger charge is 2.21. The molecule has 0 saturated heterocycles. The molecule has 1 amide bonds. The van der Waals surface area contributed by atoms with E-state index in [-0.39, 0.29) is 21.8 Å². The summed E-state index contributed by atoms with van der Waals surface area (Å²) < 4.78 is 39.7. The van der Waals surface area contributed by atoms with Gasteiger partial charge in [0.15, 0.2) is 0 Å². The number of nitro groups is 1. The summed E-state index contributed by atoms with van der Waals surface area (Å²) in [5.41, 5.74) is -0.763. The third-order valence-corrected chi connectivity index (χ3v) is 6.12. The number of sulfonamides is 1. The molecule has 0 radical (unpaired) electrons. The molecule has 0 saturated carbocycles. The van der Waals surface area contributed by atoms with Crippen LogP contribution in [0.15, 0.2) is 41.3 Å². The molecule has 2 rings (SSSR count). The minimum absolute atomic E-state index is 0.000527. The van der Waals surface area contributed by atoms with Crippen molar-refractivity contribution in [3.05, 3.63) is 61.5 Å². The molecule has 0 fully saturated rings. The molecule has 0 atom stereocenters. The predicted molar refractivity (Wildman–Crippen MR) is 101 cm³/mol. The van der Waals surface area contributed by atoms with Gasteiger partial charge in [0.05, 0.1) is 21.1 Å². The molecule has 0 spiro atoms. The van der Waals surface area contributed by atoms with Crippen molar-refractivity contribution in [2.75, 3.05) is 19.4 Å². The molecule has 0 aromatic heterocycles. The Morgan fingerprint density at radius 3 is 2.46 bits per heavy atom. The lowest BCUT2D eigenvalue weighted by Gasteiger charge is -2.13. The summed E-state index contributed by atoms with van der Waals surface area (Å²) in [5.74, 6) is -1.64. The summed E-state index contributed by atoms with van der Waals surface area (Å²) in [6, 6.07) is 6.68. The van der Waals surface area contributed by atoms with Crippen molar-refractivity contribution in [3.8, 4) is 0 Å². The first kappa shape index (κ1) is 20.2. The summed E-state index contributed by atoms with van der Waals surface area (Å²) in [5, 5.41) is 13.0. The number of carbonyl (C=O) groups excluding carboxylic acids is 1. The lowest BCUT2D eigenvalue weighted by Crippen LogP contribution is -2.23. The van der Waals surface area contributed by atoms with Crippen molar-refractivity contribution >= 4 is 49.9 Å². The Balaban J connectivity index is 2.42. The zero-order valence-electron chi connectivity index (χ0n) is 13.6. The number of benzene rings is 2. The molecule has 26 heavy (non-hydrogen) atoms. The maximum Gasteiger partial charge on any atom is 0.271 e. The monoisotopic (exact) mass is 493 g/mol. The fourth-order valence-corrected chi connectivity index (χ4v) is 3.47. The fourth-order valence-electron chi connectivity index (χ4n) is 1.96. The van der Waals surface area contributed by atoms with Crippen molar-refractivity contribution < 1.29 is 22.5 Å². The number of halogens is 2. The van der Waals surface area contributed by atoms with Crippen LogP contribution in [-0.2, 0) is 10.0 Å². The zero-order chi connectivity index (χ0) is 19.6. The number of hydrogen-bond donors (Lipinski definition) is 1. The molecule has 0 heterocycles. The quantitative estimate of drug-likeness (QED) is 0.392. The topological polar surface area (TPSA) is 110 Å². The van der Waals surface area contributed by atoms with Gasteiger partial charge in [-0.15, -0.1) is 0 Å². The van der Waals surface area contributed by atoms with E-state index in [1.165, 1.54) is 32.3 Å². The Bertz CT molecular complexity index is 995. The highest BCUT2D eigenvalue weighted by Crippen LogP contribution is 2.24. The Morgan fingerprint density at radius 1 is 1.23 bits per heavy atom. The second-order valence-corrected chi connectivity index (χ2v) is 8.62. The van der Waals surface area contributed by atoms with E-state index >= 15 is 0 Å². The molecule has 138 valence electrons. The zero-order valence-corrected chi connectivity index (χ0v) is 16.5. The molecule has 1 N–H and O–H groups in total. The number of nitrogens with zero attached hydrogens (tertiary/aromatic N) is 2. The highest BCUT2D eigenvalue weighted by atomic mass is 127. The van der Waals surface area contributed by atoms with E-state index in [1.807, 2.05) is 22.6 Å². The lowest BCUT2D eigenvalue weighted by molar-refractivity contribution is -0.384. The van der Waals surface area contributed by atoms with Gasteiger partial charge in [0.1, 0.15) is 5.82 Å². The molecule has 2 aromatic carbocycles. The SMILES string of the molecule is CN(C)S(=O)(=O)c1ccc(I)c(C(=O)Nc2cc([N+](=O)[O-])ccc2F)c1. The van der Waals surface area contributed by atoms with Gasteiger partial charge in [-0.25, -0.2) is 17.1 Å². The lowest BCUT2D eigenvalue weighted by atomic mass is 10.2. The average molecular weight is 493 g/mol. The van der Waals surface area contributed by atoms with Gasteiger partial charge in [-0.3, -0.25) is 14.9 Å². The Morgan fingerprint density at radius 2 is 1.88 bits per heavy atom. The molecule has 0 aliphatic heterocycles. The van der Waals surface area contributed by atoms with E-state index < -0.39 is 26.7 Å². The van der Waals surface area contributed by atoms with Crippen molar-refractivity contribution in [3.63, 3.8) is 0 Å². The fraction of sp³-hybridized carbons (Fsp3) is 0.133. The largest absolute Gasteiger partial charge is 0.319 e. The van der Waals surface area contributed by atoms with Crippen LogP contribution in [0.1, 0.15) is 10.4 Å². The second kappa shape index (κ2) is 7.63. The maximum absolute atomic E-state index is 13.8. The summed E-state index contributed by atoms with van der Waals surface area (Å²) in [6.07, 6.45) is 0. The van der Waals surface area contributed by atoms with E-state index in [0.29, 0.717) is 3.57 Å². The first-order chi connectivity index (χ1) is 12.0. The number of hydrogen-bond acceptors (Lipinski definition) is 5. The molecule has 0 bridgehead atoms. The summed E-state index contributed by atoms with van der Waals surface area (Å²) in [7, 11) is -1.06. The van der Waals surface area contributed by atoms with Crippen LogP contribution < -0.4 is 5.32 Å². The summed E-state index contributed by atoms with van der Waals surface area (Å²) >= 11 is 1.84. The van der Waals surface area contributed by atoms with Gasteiger partial charge in [-0.2, -0.15) is 0 Å². The molecule has 0 unspecified atom stereocenters. The number of carbonyl (C=O) groups is 1. The number of nitrogens with one attached hydrogen (secondary N) is 1. The molecule has 11 heteroatoms. The molecule has 0 aliphatic carbocycles. The van der Waals surface area contributed by atoms with E-state index in [0.717, 1.165) is 22.5 Å². The highest BCUT2D eigenvalue weighted by molar-refractivity contribution is 14.1. The van der Waals surface area contributed by atoms with Gasteiger partial charge in [0, 0.05) is 29.8 Å². The minimum atomic E-state index is -3.76. The van der Waals surface area contributed by atoms with Gasteiger partial charge in [0.2, 0.25) is 10.0 Å². The molecular weight excluding hydrogens is 480 g/mol. The van der Waals surface area contributed by atoms with E-state index in [4.69, 9.17) is 0 Å². The molecule has 2 aromatic rings. The van der Waals surface area contributed by atoms with E-state index in [2.05, 4.69) is 5.32 Å². The Hall–Kier alpha value is -2.12. The first-order valence-corrected chi connectivity index (χ1v) is 9.53. The maximum atomic E-state index is 13.8. The smallest absolute Gasteiger partial charge is 0.271 e. The number of amides is 1. The average Bonchev–Trinajstić information content (AvgIpc) is 2.56. The molecular formula is C15H13FIN3O5S. The minimum Gasteiger partial charge on any atom is -0.319 e. The predicted octanol–water partition coefficient (Wildman–Crippen LogP) is 2.84. The van der Waals surface area contributed by atoms with Crippen LogP contribution in [0, 0.1) is 19.5 Å². The van der Waals surface area contributed by atoms with Crippen LogP contribution in [0.25, 0.3) is 0 Å². The van der Waals surface area contributed by atoms with Gasteiger partial charge < -0.3 is 5.32 Å². The number of non-ortho nitro benzene ring substituents is 1. The van der Waals surface area contributed by atoms with Crippen LogP contribution >= 0.6 is 22.6 Å². The van der Waals surface area contributed by atoms with Crippen LogP contribution in [0.3, 0.4) is 0 Å². The number of rotatable bonds is 5. The van der Waals surface area contributed by atoms with Crippen LogP contribution in [0.5, 0.6) is 0 Å². The Labute approximate surface area is 162 Å². The normalized spacial score (nSPS) is 11.4. The van der Waals surface area contributed by atoms with Gasteiger partial charge in [-0.05, 0) is 46.9 Å². The third kappa shape index (κ3) is 4.16. The van der Waals surface area contributed by atoms with Crippen molar-refractivity contribution in [2.24, 2.45) is 0 Å². The van der Waals surface area contributed by atoms with E-state index in [1.54, 1.807) is 0 Å². The van der Waals surface area contributed by atoms with Crippen LogP contribution in [-0.4, -0.2) is 37.6 Å². The third-order valence-electron chi connectivity index (χ3n) is 3.37. The van der Waals surface area contributed by atoms with E-state index in [9.17, 15) is 27.7 Å². The van der Waals surface area contributed by atoms with Crippen molar-refractivity contribution in [1.82, 2.24) is 4.31 Å². The van der Waals surface area contributed by atoms with Crippen LogP contribution in [0.4, 0.5) is 15.8 Å². The van der Waals surface area contributed by atoms with Crippen LogP contribution in [0.2, 0.25) is 0 Å². The number of anilines is 1. The summed E-state index contributed by atoms with van der Waals surface area (Å²) in [6.45, 7) is 0. The number of nitro benzene ring substituents is 1. The first-order valence-electron chi connectivity index (χ1n) is 7.01. The Kier molecular flexibility index (Phi) is 5.93. The second-order valence-electron chi connectivity index (χ2n) is 5.30. The van der Waals surface area contributed by atoms with Crippen molar-refractivity contribution in [2.45, 2.75) is 4.90 Å². The standard InChI is InChI=1S/C15H13FIN3O5S/c1-19(2)26(24,25)10-4-6-13(17)11(8-10)15(21)18-14-7-9(20(22)23)3-5-12(14)16/h3-8H,1-2H3,(H,18,21). The van der Waals surface area contributed by atoms with Gasteiger partial charge in [-0.1, -0.05) is 0 Å². The van der Waals surface area contributed by atoms with Crippen molar-refractivity contribution in [1.29, 1.82) is 0 Å². The van der Waals surface area contributed by atoms with Gasteiger partial charge >= 0.3 is 0 Å². The molecule has 8 nitrogen and oxygen atoms in total. The summed E-state index contributed by atoms with van der Waals surface area (Å²) in [4.78, 5) is 22.4.